The minimum absolute atomic E-state index is 0.609. The van der Waals surface area contributed by atoms with Crippen molar-refractivity contribution in [2.24, 2.45) is 5.41 Å². The number of hydrogen-bond donors (Lipinski definition) is 1. The van der Waals surface area contributed by atoms with E-state index in [9.17, 15) is 0 Å². The Morgan fingerprint density at radius 2 is 1.81 bits per heavy atom. The van der Waals surface area contributed by atoms with Gasteiger partial charge in [-0.15, -0.1) is 0 Å². The third kappa shape index (κ3) is 5.34. The summed E-state index contributed by atoms with van der Waals surface area (Å²) in [5, 5.41) is 3.74. The minimum Gasteiger partial charge on any atom is -0.314 e. The van der Waals surface area contributed by atoms with Crippen LogP contribution in [0.25, 0.3) is 0 Å². The van der Waals surface area contributed by atoms with E-state index in [0.717, 1.165) is 0 Å². The van der Waals surface area contributed by atoms with Crippen molar-refractivity contribution in [3.05, 3.63) is 0 Å². The molecule has 96 valence electrons. The Labute approximate surface area is 102 Å². The van der Waals surface area contributed by atoms with E-state index in [-0.39, 0.29) is 0 Å². The molecule has 0 aromatic carbocycles. The second-order valence-electron chi connectivity index (χ2n) is 6.15. The molecular weight excluding hydrogens is 194 g/mol. The molecule has 1 aliphatic carbocycles. The van der Waals surface area contributed by atoms with Gasteiger partial charge < -0.3 is 5.32 Å². The normalized spacial score (nSPS) is 21.2. The first-order valence-electron chi connectivity index (χ1n) is 7.40. The molecule has 1 aliphatic rings. The van der Waals surface area contributed by atoms with Crippen LogP contribution in [-0.2, 0) is 0 Å². The first-order valence-corrected chi connectivity index (χ1v) is 7.40. The summed E-state index contributed by atoms with van der Waals surface area (Å²) in [5.41, 5.74) is 0.609. The highest BCUT2D eigenvalue weighted by Gasteiger charge is 2.28. The molecule has 1 saturated carbocycles. The van der Waals surface area contributed by atoms with Gasteiger partial charge in [0.05, 0.1) is 0 Å². The lowest BCUT2D eigenvalue weighted by Crippen LogP contribution is -2.35. The summed E-state index contributed by atoms with van der Waals surface area (Å²) in [6.45, 7) is 8.33. The standard InChI is InChI=1S/C15H31N/c1-4-5-6-7-10-14(2)16-13-15(3)11-8-9-12-15/h14,16H,4-13H2,1-3H3. The summed E-state index contributed by atoms with van der Waals surface area (Å²) in [7, 11) is 0. The Hall–Kier alpha value is -0.0400. The molecule has 0 spiro atoms. The molecule has 1 nitrogen and oxygen atoms in total. The third-order valence-corrected chi connectivity index (χ3v) is 4.18. The molecule has 1 rings (SSSR count). The first-order chi connectivity index (χ1) is 7.66. The van der Waals surface area contributed by atoms with Crippen molar-refractivity contribution in [1.29, 1.82) is 0 Å². The Morgan fingerprint density at radius 3 is 2.44 bits per heavy atom. The van der Waals surface area contributed by atoms with Crippen LogP contribution in [-0.4, -0.2) is 12.6 Å². The molecule has 0 radical (unpaired) electrons. The lowest BCUT2D eigenvalue weighted by molar-refractivity contribution is 0.295. The van der Waals surface area contributed by atoms with Crippen LogP contribution in [0.4, 0.5) is 0 Å². The van der Waals surface area contributed by atoms with Crippen LogP contribution in [0.5, 0.6) is 0 Å². The van der Waals surface area contributed by atoms with Crippen LogP contribution in [0.2, 0.25) is 0 Å². The SMILES string of the molecule is CCCCCCC(C)NCC1(C)CCCC1. The van der Waals surface area contributed by atoms with Gasteiger partial charge in [-0.05, 0) is 31.6 Å². The molecule has 1 unspecified atom stereocenters. The molecule has 16 heavy (non-hydrogen) atoms. The highest BCUT2D eigenvalue weighted by atomic mass is 14.9. The van der Waals surface area contributed by atoms with Crippen molar-refractivity contribution in [2.45, 2.75) is 84.6 Å². The summed E-state index contributed by atoms with van der Waals surface area (Å²) >= 11 is 0. The summed E-state index contributed by atoms with van der Waals surface area (Å²) in [5.74, 6) is 0. The fourth-order valence-electron chi connectivity index (χ4n) is 2.81. The maximum atomic E-state index is 3.74. The van der Waals surface area contributed by atoms with Crippen LogP contribution in [0, 0.1) is 5.41 Å². The quantitative estimate of drug-likeness (QED) is 0.599. The lowest BCUT2D eigenvalue weighted by Gasteiger charge is -2.26. The van der Waals surface area contributed by atoms with Crippen molar-refractivity contribution < 1.29 is 0 Å². The van der Waals surface area contributed by atoms with Gasteiger partial charge in [0, 0.05) is 12.6 Å². The van der Waals surface area contributed by atoms with Gasteiger partial charge in [0.25, 0.3) is 0 Å². The van der Waals surface area contributed by atoms with Gasteiger partial charge in [-0.3, -0.25) is 0 Å². The van der Waals surface area contributed by atoms with E-state index >= 15 is 0 Å². The van der Waals surface area contributed by atoms with Crippen LogP contribution >= 0.6 is 0 Å². The van der Waals surface area contributed by atoms with Gasteiger partial charge in [-0.1, -0.05) is 52.4 Å². The average molecular weight is 225 g/mol. The van der Waals surface area contributed by atoms with Crippen LogP contribution < -0.4 is 5.32 Å². The van der Waals surface area contributed by atoms with Crippen LogP contribution in [0.15, 0.2) is 0 Å². The number of rotatable bonds is 8. The zero-order valence-corrected chi connectivity index (χ0v) is 11.6. The minimum atomic E-state index is 0.609. The molecule has 0 heterocycles. The number of hydrogen-bond acceptors (Lipinski definition) is 1. The predicted molar refractivity (Wildman–Crippen MR) is 72.8 cm³/mol. The molecule has 0 saturated heterocycles. The largest absolute Gasteiger partial charge is 0.314 e. The average Bonchev–Trinajstić information content (AvgIpc) is 2.70. The van der Waals surface area contributed by atoms with Crippen LogP contribution in [0.1, 0.15) is 78.6 Å². The second kappa shape index (κ2) is 7.32. The number of nitrogens with one attached hydrogen (secondary N) is 1. The topological polar surface area (TPSA) is 12.0 Å². The molecule has 0 aromatic heterocycles. The second-order valence-corrected chi connectivity index (χ2v) is 6.15. The van der Waals surface area contributed by atoms with Gasteiger partial charge in [0.15, 0.2) is 0 Å². The predicted octanol–water partition coefficient (Wildman–Crippen LogP) is 4.52. The molecule has 0 amide bonds. The van der Waals surface area contributed by atoms with E-state index in [2.05, 4.69) is 26.1 Å². The van der Waals surface area contributed by atoms with E-state index in [4.69, 9.17) is 0 Å². The van der Waals surface area contributed by atoms with E-state index in [0.29, 0.717) is 11.5 Å². The Morgan fingerprint density at radius 1 is 1.12 bits per heavy atom. The smallest absolute Gasteiger partial charge is 0.00389 e. The van der Waals surface area contributed by atoms with Gasteiger partial charge in [0.1, 0.15) is 0 Å². The summed E-state index contributed by atoms with van der Waals surface area (Å²) in [4.78, 5) is 0. The lowest BCUT2D eigenvalue weighted by atomic mass is 9.88. The Kier molecular flexibility index (Phi) is 6.41. The summed E-state index contributed by atoms with van der Waals surface area (Å²) < 4.78 is 0. The fourth-order valence-corrected chi connectivity index (χ4v) is 2.81. The van der Waals surface area contributed by atoms with Crippen molar-refractivity contribution in [3.8, 4) is 0 Å². The van der Waals surface area contributed by atoms with Gasteiger partial charge in [-0.2, -0.15) is 0 Å². The van der Waals surface area contributed by atoms with Gasteiger partial charge >= 0.3 is 0 Å². The Balaban J connectivity index is 2.03. The van der Waals surface area contributed by atoms with E-state index < -0.39 is 0 Å². The molecule has 1 N–H and O–H groups in total. The molecule has 0 bridgehead atoms. The molecule has 1 fully saturated rings. The van der Waals surface area contributed by atoms with Gasteiger partial charge in [-0.25, -0.2) is 0 Å². The highest BCUT2D eigenvalue weighted by Crippen LogP contribution is 2.36. The molecule has 0 aromatic rings. The highest BCUT2D eigenvalue weighted by molar-refractivity contribution is 4.83. The van der Waals surface area contributed by atoms with Crippen molar-refractivity contribution >= 4 is 0 Å². The molecular formula is C15H31N. The zero-order valence-electron chi connectivity index (χ0n) is 11.6. The van der Waals surface area contributed by atoms with Gasteiger partial charge in [0.2, 0.25) is 0 Å². The van der Waals surface area contributed by atoms with E-state index in [1.165, 1.54) is 64.3 Å². The monoisotopic (exact) mass is 225 g/mol. The molecule has 1 atom stereocenters. The molecule has 1 heteroatoms. The number of unbranched alkanes of at least 4 members (excludes halogenated alkanes) is 3. The van der Waals surface area contributed by atoms with Crippen molar-refractivity contribution in [3.63, 3.8) is 0 Å². The summed E-state index contributed by atoms with van der Waals surface area (Å²) in [6, 6.07) is 0.717. The van der Waals surface area contributed by atoms with Crippen molar-refractivity contribution in [1.82, 2.24) is 5.32 Å². The van der Waals surface area contributed by atoms with E-state index in [1.807, 2.05) is 0 Å². The maximum Gasteiger partial charge on any atom is 0.00389 e. The fraction of sp³-hybridized carbons (Fsp3) is 1.00. The van der Waals surface area contributed by atoms with Crippen LogP contribution in [0.3, 0.4) is 0 Å². The zero-order chi connectivity index (χ0) is 11.9. The third-order valence-electron chi connectivity index (χ3n) is 4.18. The first kappa shape index (κ1) is 14.0. The summed E-state index contributed by atoms with van der Waals surface area (Å²) in [6.07, 6.45) is 12.7. The maximum absolute atomic E-state index is 3.74. The Bertz CT molecular complexity index is 170. The van der Waals surface area contributed by atoms with E-state index in [1.54, 1.807) is 0 Å². The molecule has 0 aliphatic heterocycles. The van der Waals surface area contributed by atoms with Crippen molar-refractivity contribution in [2.75, 3.05) is 6.54 Å².